The zero-order valence-electron chi connectivity index (χ0n) is 12.9. The first-order valence-corrected chi connectivity index (χ1v) is 7.85. The van der Waals surface area contributed by atoms with E-state index in [1.54, 1.807) is 11.9 Å². The smallest absolute Gasteiger partial charge is 0.418 e. The molecule has 0 spiro atoms. The summed E-state index contributed by atoms with van der Waals surface area (Å²) in [5.41, 5.74) is 0.919. The minimum atomic E-state index is -0.540. The lowest BCUT2D eigenvalue weighted by atomic mass is 9.87. The van der Waals surface area contributed by atoms with E-state index < -0.39 is 6.09 Å². The molecule has 118 valence electrons. The van der Waals surface area contributed by atoms with E-state index in [-0.39, 0.29) is 24.7 Å². The van der Waals surface area contributed by atoms with E-state index in [1.807, 2.05) is 42.5 Å². The number of likely N-dealkylation sites (N-methyl/N-ethyl adjacent to an activating group) is 1. The summed E-state index contributed by atoms with van der Waals surface area (Å²) in [6.07, 6.45) is 1.29. The first kappa shape index (κ1) is 14.1. The third kappa shape index (κ3) is 2.23. The number of imide groups is 1. The Morgan fingerprint density at radius 2 is 1.87 bits per heavy atom. The van der Waals surface area contributed by atoms with Crippen LogP contribution in [0.3, 0.4) is 0 Å². The van der Waals surface area contributed by atoms with Gasteiger partial charge in [0, 0.05) is 7.05 Å². The quantitative estimate of drug-likeness (QED) is 0.854. The minimum Gasteiger partial charge on any atom is -0.444 e. The van der Waals surface area contributed by atoms with Crippen molar-refractivity contribution in [1.29, 1.82) is 0 Å². The van der Waals surface area contributed by atoms with Gasteiger partial charge in [-0.1, -0.05) is 36.4 Å². The number of nitrogens with zero attached hydrogens (tertiary/aromatic N) is 2. The highest BCUT2D eigenvalue weighted by Gasteiger charge is 2.52. The number of amides is 3. The van der Waals surface area contributed by atoms with Crippen molar-refractivity contribution in [3.8, 4) is 0 Å². The molecule has 0 aromatic heterocycles. The molecule has 0 radical (unpaired) electrons. The lowest BCUT2D eigenvalue weighted by molar-refractivity contribution is 0.0873. The highest BCUT2D eigenvalue weighted by molar-refractivity contribution is 5.94. The molecule has 0 bridgehead atoms. The van der Waals surface area contributed by atoms with Gasteiger partial charge in [0.05, 0.1) is 12.1 Å². The fraction of sp³-hybridized carbons (Fsp3) is 0.333. The molecule has 1 saturated carbocycles. The van der Waals surface area contributed by atoms with E-state index in [0.717, 1.165) is 29.2 Å². The minimum absolute atomic E-state index is 0.0170. The van der Waals surface area contributed by atoms with Crippen LogP contribution in [0, 0.1) is 0 Å². The average Bonchev–Trinajstić information content (AvgIpc) is 2.71. The maximum absolute atomic E-state index is 12.3. The summed E-state index contributed by atoms with van der Waals surface area (Å²) in [4.78, 5) is 27.3. The van der Waals surface area contributed by atoms with Crippen molar-refractivity contribution < 1.29 is 14.3 Å². The highest BCUT2D eigenvalue weighted by atomic mass is 16.6. The molecule has 3 amide bonds. The summed E-state index contributed by atoms with van der Waals surface area (Å²) in [6.45, 7) is 0.175. The Morgan fingerprint density at radius 1 is 1.13 bits per heavy atom. The zero-order chi connectivity index (χ0) is 16.0. The standard InChI is InChI=1S/C18H18N2O3/c1-19-15-8-9-16(15)20(17(19)21)18(22)23-11-12-6-7-13-4-2-3-5-14(13)10-12/h2-7,10,15-16H,8-9,11H2,1H3. The number of benzene rings is 2. The van der Waals surface area contributed by atoms with Gasteiger partial charge < -0.3 is 9.64 Å². The molecule has 2 aromatic carbocycles. The van der Waals surface area contributed by atoms with E-state index in [2.05, 4.69) is 0 Å². The van der Waals surface area contributed by atoms with Gasteiger partial charge in [0.15, 0.2) is 0 Å². The van der Waals surface area contributed by atoms with Gasteiger partial charge in [0.2, 0.25) is 0 Å². The van der Waals surface area contributed by atoms with Gasteiger partial charge in [0.25, 0.3) is 0 Å². The SMILES string of the molecule is CN1C(=O)N(C(=O)OCc2ccc3ccccc3c2)C2CCC21. The van der Waals surface area contributed by atoms with Crippen LogP contribution in [0.2, 0.25) is 0 Å². The number of fused-ring (bicyclic) bond motifs is 2. The van der Waals surface area contributed by atoms with Gasteiger partial charge in [-0.3, -0.25) is 0 Å². The Morgan fingerprint density at radius 3 is 2.57 bits per heavy atom. The van der Waals surface area contributed by atoms with Crippen molar-refractivity contribution in [3.63, 3.8) is 0 Å². The van der Waals surface area contributed by atoms with Crippen molar-refractivity contribution in [3.05, 3.63) is 48.0 Å². The third-order valence-electron chi connectivity index (χ3n) is 4.91. The fourth-order valence-electron chi connectivity index (χ4n) is 3.43. The van der Waals surface area contributed by atoms with Gasteiger partial charge in [-0.05, 0) is 35.2 Å². The number of carbonyl (C=O) groups is 2. The predicted molar refractivity (Wildman–Crippen MR) is 85.9 cm³/mol. The van der Waals surface area contributed by atoms with Crippen LogP contribution in [-0.4, -0.2) is 41.1 Å². The van der Waals surface area contributed by atoms with Crippen LogP contribution >= 0.6 is 0 Å². The van der Waals surface area contributed by atoms with E-state index in [1.165, 1.54) is 4.90 Å². The van der Waals surface area contributed by atoms with Crippen LogP contribution in [0.25, 0.3) is 10.8 Å². The second-order valence-electron chi connectivity index (χ2n) is 6.21. The molecule has 0 N–H and O–H groups in total. The second-order valence-corrected chi connectivity index (χ2v) is 6.21. The number of hydrogen-bond acceptors (Lipinski definition) is 3. The monoisotopic (exact) mass is 310 g/mol. The maximum atomic E-state index is 12.3. The van der Waals surface area contributed by atoms with Crippen LogP contribution in [0.5, 0.6) is 0 Å². The summed E-state index contributed by atoms with van der Waals surface area (Å²) in [7, 11) is 1.75. The van der Waals surface area contributed by atoms with Gasteiger partial charge in [-0.25, -0.2) is 14.5 Å². The van der Waals surface area contributed by atoms with E-state index in [4.69, 9.17) is 4.74 Å². The maximum Gasteiger partial charge on any atom is 0.418 e. The first-order valence-electron chi connectivity index (χ1n) is 7.85. The molecule has 1 aliphatic carbocycles. The van der Waals surface area contributed by atoms with E-state index >= 15 is 0 Å². The summed E-state index contributed by atoms with van der Waals surface area (Å²) < 4.78 is 5.37. The first-order chi connectivity index (χ1) is 11.1. The van der Waals surface area contributed by atoms with Crippen molar-refractivity contribution >= 4 is 22.9 Å². The predicted octanol–water partition coefficient (Wildman–Crippen LogP) is 3.37. The third-order valence-corrected chi connectivity index (χ3v) is 4.91. The molecule has 5 heteroatoms. The van der Waals surface area contributed by atoms with E-state index in [9.17, 15) is 9.59 Å². The zero-order valence-corrected chi connectivity index (χ0v) is 12.9. The molecular weight excluding hydrogens is 292 g/mol. The van der Waals surface area contributed by atoms with Gasteiger partial charge >= 0.3 is 12.1 Å². The van der Waals surface area contributed by atoms with Gasteiger partial charge in [-0.2, -0.15) is 0 Å². The van der Waals surface area contributed by atoms with Crippen LogP contribution in [-0.2, 0) is 11.3 Å². The Hall–Kier alpha value is -2.56. The van der Waals surface area contributed by atoms with Gasteiger partial charge in [-0.15, -0.1) is 0 Å². The summed E-state index contributed by atoms with van der Waals surface area (Å²) >= 11 is 0. The molecule has 5 nitrogen and oxygen atoms in total. The molecule has 23 heavy (non-hydrogen) atoms. The van der Waals surface area contributed by atoms with Crippen molar-refractivity contribution in [1.82, 2.24) is 9.80 Å². The largest absolute Gasteiger partial charge is 0.444 e. The van der Waals surface area contributed by atoms with Crippen LogP contribution in [0.1, 0.15) is 18.4 Å². The van der Waals surface area contributed by atoms with E-state index in [0.29, 0.717) is 0 Å². The number of ether oxygens (including phenoxy) is 1. The lowest BCUT2D eigenvalue weighted by Crippen LogP contribution is -2.47. The summed E-state index contributed by atoms with van der Waals surface area (Å²) in [5.74, 6) is 0. The van der Waals surface area contributed by atoms with Crippen LogP contribution in [0.15, 0.2) is 42.5 Å². The van der Waals surface area contributed by atoms with Crippen molar-refractivity contribution in [2.24, 2.45) is 0 Å². The number of rotatable bonds is 2. The number of urea groups is 1. The lowest BCUT2D eigenvalue weighted by Gasteiger charge is -2.34. The Labute approximate surface area is 134 Å². The van der Waals surface area contributed by atoms with Gasteiger partial charge in [0.1, 0.15) is 6.61 Å². The topological polar surface area (TPSA) is 49.9 Å². The summed E-state index contributed by atoms with van der Waals surface area (Å²) in [6, 6.07) is 13.9. The van der Waals surface area contributed by atoms with Crippen molar-refractivity contribution in [2.75, 3.05) is 7.05 Å². The summed E-state index contributed by atoms with van der Waals surface area (Å²) in [5, 5.41) is 2.26. The Balaban J connectivity index is 1.45. The van der Waals surface area contributed by atoms with Crippen LogP contribution < -0.4 is 0 Å². The molecule has 2 unspecified atom stereocenters. The molecule has 2 aromatic rings. The highest BCUT2D eigenvalue weighted by Crippen LogP contribution is 2.36. The number of hydrogen-bond donors (Lipinski definition) is 0. The molecule has 2 aliphatic rings. The molecule has 1 heterocycles. The number of carbonyl (C=O) groups excluding carboxylic acids is 2. The van der Waals surface area contributed by atoms with Crippen LogP contribution in [0.4, 0.5) is 9.59 Å². The molecule has 2 atom stereocenters. The van der Waals surface area contributed by atoms with Crippen molar-refractivity contribution in [2.45, 2.75) is 31.5 Å². The second kappa shape index (κ2) is 5.26. The Bertz CT molecular complexity index is 789. The normalized spacial score (nSPS) is 22.9. The molecule has 2 fully saturated rings. The Kier molecular flexibility index (Phi) is 3.22. The molecule has 1 saturated heterocycles. The molecule has 4 rings (SSSR count). The fourth-order valence-corrected chi connectivity index (χ4v) is 3.43. The molecule has 1 aliphatic heterocycles. The average molecular weight is 310 g/mol. The molecular formula is C18H18N2O3.